The first-order valence-corrected chi connectivity index (χ1v) is 9.76. The fourth-order valence-corrected chi connectivity index (χ4v) is 3.89. The van der Waals surface area contributed by atoms with Crippen LogP contribution in [0.25, 0.3) is 5.76 Å². The van der Waals surface area contributed by atoms with E-state index in [2.05, 4.69) is 0 Å². The summed E-state index contributed by atoms with van der Waals surface area (Å²) in [7, 11) is 1.42. The van der Waals surface area contributed by atoms with E-state index < -0.39 is 29.3 Å². The number of hydrogen-bond acceptors (Lipinski definition) is 4. The predicted octanol–water partition coefficient (Wildman–Crippen LogP) is 5.11. The lowest BCUT2D eigenvalue weighted by atomic mass is 9.94. The third-order valence-corrected chi connectivity index (χ3v) is 5.33. The van der Waals surface area contributed by atoms with Crippen LogP contribution in [0.4, 0.5) is 10.1 Å². The molecule has 0 saturated carbocycles. The summed E-state index contributed by atoms with van der Waals surface area (Å²) in [5.74, 6) is -2.59. The van der Waals surface area contributed by atoms with Gasteiger partial charge in [-0.25, -0.2) is 4.39 Å². The molecule has 156 valence electrons. The summed E-state index contributed by atoms with van der Waals surface area (Å²) in [6.07, 6.45) is 0. The van der Waals surface area contributed by atoms with Gasteiger partial charge in [0.25, 0.3) is 11.7 Å². The number of carbonyl (C=O) groups is 2. The van der Waals surface area contributed by atoms with Crippen LogP contribution in [0.3, 0.4) is 0 Å². The molecule has 1 amide bonds. The van der Waals surface area contributed by atoms with Crippen molar-refractivity contribution in [3.8, 4) is 5.75 Å². The molecule has 1 aliphatic heterocycles. The van der Waals surface area contributed by atoms with E-state index in [1.54, 1.807) is 48.5 Å². The van der Waals surface area contributed by atoms with E-state index in [0.29, 0.717) is 16.5 Å². The highest BCUT2D eigenvalue weighted by molar-refractivity contribution is 6.51. The Hall–Kier alpha value is -3.64. The van der Waals surface area contributed by atoms with Crippen molar-refractivity contribution in [3.63, 3.8) is 0 Å². The molecule has 3 aromatic rings. The van der Waals surface area contributed by atoms with E-state index in [1.807, 2.05) is 0 Å². The summed E-state index contributed by atoms with van der Waals surface area (Å²) in [6, 6.07) is 17.5. The number of methoxy groups -OCH3 is 1. The monoisotopic (exact) mass is 437 g/mol. The minimum atomic E-state index is -1.19. The molecule has 7 heteroatoms. The van der Waals surface area contributed by atoms with Gasteiger partial charge in [0.05, 0.1) is 24.3 Å². The molecule has 0 aromatic heterocycles. The van der Waals surface area contributed by atoms with Gasteiger partial charge in [-0.2, -0.15) is 0 Å². The fourth-order valence-electron chi connectivity index (χ4n) is 3.70. The SMILES string of the molecule is COc1ccccc1/C(O)=C1\C(=O)C(=O)N(c2cccc(Cl)c2)C1c1ccccc1F. The number of anilines is 1. The number of hydrogen-bond donors (Lipinski definition) is 1. The Morgan fingerprint density at radius 3 is 2.45 bits per heavy atom. The quantitative estimate of drug-likeness (QED) is 0.350. The summed E-state index contributed by atoms with van der Waals surface area (Å²) < 4.78 is 20.1. The van der Waals surface area contributed by atoms with E-state index >= 15 is 0 Å². The van der Waals surface area contributed by atoms with Crippen molar-refractivity contribution in [2.24, 2.45) is 0 Å². The Morgan fingerprint density at radius 1 is 1.03 bits per heavy atom. The molecule has 31 heavy (non-hydrogen) atoms. The molecule has 0 bridgehead atoms. The summed E-state index contributed by atoms with van der Waals surface area (Å²) >= 11 is 6.09. The van der Waals surface area contributed by atoms with Crippen molar-refractivity contribution in [3.05, 3.63) is 100 Å². The topological polar surface area (TPSA) is 66.8 Å². The number of ether oxygens (including phenoxy) is 1. The van der Waals surface area contributed by atoms with Crippen LogP contribution >= 0.6 is 11.6 Å². The number of carbonyl (C=O) groups excluding carboxylic acids is 2. The molecule has 5 nitrogen and oxygen atoms in total. The second kappa shape index (κ2) is 8.24. The van der Waals surface area contributed by atoms with Crippen LogP contribution in [0.2, 0.25) is 5.02 Å². The first kappa shape index (κ1) is 20.6. The second-order valence-corrected chi connectivity index (χ2v) is 7.31. The number of aliphatic hydroxyl groups excluding tert-OH is 1. The van der Waals surface area contributed by atoms with E-state index in [0.717, 1.165) is 4.90 Å². The van der Waals surface area contributed by atoms with E-state index in [4.69, 9.17) is 16.3 Å². The highest BCUT2D eigenvalue weighted by atomic mass is 35.5. The number of ketones is 1. The number of nitrogens with zero attached hydrogens (tertiary/aromatic N) is 1. The molecule has 1 saturated heterocycles. The summed E-state index contributed by atoms with van der Waals surface area (Å²) in [6.45, 7) is 0. The normalized spacial score (nSPS) is 17.8. The average molecular weight is 438 g/mol. The number of halogens is 2. The maximum Gasteiger partial charge on any atom is 0.300 e. The zero-order valence-electron chi connectivity index (χ0n) is 16.4. The maximum atomic E-state index is 14.8. The number of aliphatic hydroxyl groups is 1. The van der Waals surface area contributed by atoms with Gasteiger partial charge in [-0.05, 0) is 36.4 Å². The molecule has 1 heterocycles. The van der Waals surface area contributed by atoms with Gasteiger partial charge in [-0.3, -0.25) is 14.5 Å². The molecule has 0 radical (unpaired) electrons. The van der Waals surface area contributed by atoms with E-state index in [-0.39, 0.29) is 16.7 Å². The van der Waals surface area contributed by atoms with Gasteiger partial charge in [0.2, 0.25) is 0 Å². The predicted molar refractivity (Wildman–Crippen MR) is 116 cm³/mol. The van der Waals surface area contributed by atoms with E-state index in [1.165, 1.54) is 31.4 Å². The zero-order valence-corrected chi connectivity index (χ0v) is 17.1. The van der Waals surface area contributed by atoms with Crippen molar-refractivity contribution in [2.45, 2.75) is 6.04 Å². The Morgan fingerprint density at radius 2 is 1.74 bits per heavy atom. The van der Waals surface area contributed by atoms with Gasteiger partial charge in [-0.15, -0.1) is 0 Å². The first-order chi connectivity index (χ1) is 14.9. The standard InChI is InChI=1S/C24H17ClFNO4/c1-31-19-12-5-3-10-17(19)22(28)20-21(16-9-2-4-11-18(16)26)27(24(30)23(20)29)15-8-6-7-14(25)13-15/h2-13,21,28H,1H3/b22-20+. The molecule has 4 rings (SSSR count). The van der Waals surface area contributed by atoms with Crippen LogP contribution in [0, 0.1) is 5.82 Å². The van der Waals surface area contributed by atoms with Gasteiger partial charge in [0.1, 0.15) is 17.3 Å². The number of benzene rings is 3. The van der Waals surface area contributed by atoms with Gasteiger partial charge < -0.3 is 9.84 Å². The van der Waals surface area contributed by atoms with Gasteiger partial charge in [0.15, 0.2) is 0 Å². The summed E-state index contributed by atoms with van der Waals surface area (Å²) in [5, 5.41) is 11.5. The Balaban J connectivity index is 2.01. The summed E-state index contributed by atoms with van der Waals surface area (Å²) in [4.78, 5) is 27.3. The van der Waals surface area contributed by atoms with E-state index in [9.17, 15) is 19.1 Å². The first-order valence-electron chi connectivity index (χ1n) is 9.38. The maximum absolute atomic E-state index is 14.8. The molecule has 0 spiro atoms. The van der Waals surface area contributed by atoms with Crippen LogP contribution in [0.15, 0.2) is 78.4 Å². The van der Waals surface area contributed by atoms with Crippen molar-refractivity contribution in [2.75, 3.05) is 12.0 Å². The molecular formula is C24H17ClFNO4. The summed E-state index contributed by atoms with van der Waals surface area (Å²) in [5.41, 5.74) is 0.357. The Labute approximate surface area is 182 Å². The lowest BCUT2D eigenvalue weighted by Crippen LogP contribution is -2.29. The molecule has 1 aliphatic rings. The largest absolute Gasteiger partial charge is 0.507 e. The number of Topliss-reactive ketones (excluding diaryl/α,β-unsaturated/α-hetero) is 1. The van der Waals surface area contributed by atoms with Gasteiger partial charge in [0, 0.05) is 16.3 Å². The third kappa shape index (κ3) is 3.55. The molecular weight excluding hydrogens is 421 g/mol. The third-order valence-electron chi connectivity index (χ3n) is 5.09. The molecule has 1 fully saturated rings. The number of amides is 1. The van der Waals surface area contributed by atoms with Crippen molar-refractivity contribution in [1.82, 2.24) is 0 Å². The Kier molecular flexibility index (Phi) is 5.48. The van der Waals surface area contributed by atoms with Crippen LogP contribution in [0.1, 0.15) is 17.2 Å². The molecule has 3 aromatic carbocycles. The molecule has 1 atom stereocenters. The highest BCUT2D eigenvalue weighted by Gasteiger charge is 2.48. The smallest absolute Gasteiger partial charge is 0.300 e. The average Bonchev–Trinajstić information content (AvgIpc) is 3.04. The lowest BCUT2D eigenvalue weighted by molar-refractivity contribution is -0.132. The van der Waals surface area contributed by atoms with Crippen molar-refractivity contribution in [1.29, 1.82) is 0 Å². The van der Waals surface area contributed by atoms with Crippen LogP contribution in [-0.2, 0) is 9.59 Å². The lowest BCUT2D eigenvalue weighted by Gasteiger charge is -2.26. The minimum Gasteiger partial charge on any atom is -0.507 e. The van der Waals surface area contributed by atoms with Crippen LogP contribution in [-0.4, -0.2) is 23.9 Å². The number of rotatable bonds is 4. The molecule has 1 N–H and O–H groups in total. The minimum absolute atomic E-state index is 0.0677. The second-order valence-electron chi connectivity index (χ2n) is 6.87. The van der Waals surface area contributed by atoms with Gasteiger partial charge >= 0.3 is 0 Å². The molecule has 1 unspecified atom stereocenters. The van der Waals surface area contributed by atoms with Crippen LogP contribution < -0.4 is 9.64 Å². The van der Waals surface area contributed by atoms with Crippen molar-refractivity contribution < 1.29 is 23.8 Å². The van der Waals surface area contributed by atoms with Crippen LogP contribution in [0.5, 0.6) is 5.75 Å². The zero-order chi connectivity index (χ0) is 22.1. The fraction of sp³-hybridized carbons (Fsp3) is 0.0833. The number of para-hydroxylation sites is 1. The van der Waals surface area contributed by atoms with Gasteiger partial charge in [-0.1, -0.05) is 48.0 Å². The Bertz CT molecular complexity index is 1220. The molecule has 0 aliphatic carbocycles. The highest BCUT2D eigenvalue weighted by Crippen LogP contribution is 2.44. The van der Waals surface area contributed by atoms with Crippen molar-refractivity contribution >= 4 is 34.7 Å².